The van der Waals surface area contributed by atoms with Crippen LogP contribution in [0.4, 0.5) is 0 Å². The van der Waals surface area contributed by atoms with E-state index in [4.69, 9.17) is 14.0 Å². The predicted octanol–water partition coefficient (Wildman–Crippen LogP) is 1.50. The van der Waals surface area contributed by atoms with Crippen LogP contribution in [0, 0.1) is 6.92 Å². The summed E-state index contributed by atoms with van der Waals surface area (Å²) in [5, 5.41) is 8.20. The fourth-order valence-electron chi connectivity index (χ4n) is 3.23. The van der Waals surface area contributed by atoms with E-state index in [2.05, 4.69) is 15.2 Å². The van der Waals surface area contributed by atoms with Crippen molar-refractivity contribution in [3.8, 4) is 23.1 Å². The zero-order chi connectivity index (χ0) is 20.1. The minimum Gasteiger partial charge on any atom is -0.493 e. The van der Waals surface area contributed by atoms with Crippen molar-refractivity contribution in [3.63, 3.8) is 0 Å². The van der Waals surface area contributed by atoms with Crippen molar-refractivity contribution < 1.29 is 22.4 Å². The second-order valence-corrected chi connectivity index (χ2v) is 8.27. The Labute approximate surface area is 161 Å². The fourth-order valence-corrected chi connectivity index (χ4v) is 4.61. The molecule has 0 aliphatic carbocycles. The van der Waals surface area contributed by atoms with E-state index in [1.165, 1.54) is 30.7 Å². The Balaban J connectivity index is 1.69. The molecule has 0 atom stereocenters. The standard InChI is InChI=1S/C17H19N5O5S/c1-10-18-17(27-20-10)16-12-8-22(9-13(12)21(2)19-16)28(23,24)11-5-6-14(25-3)15(7-11)26-4/h5-7H,8-9H2,1-4H3. The van der Waals surface area contributed by atoms with Gasteiger partial charge in [-0.25, -0.2) is 8.42 Å². The lowest BCUT2D eigenvalue weighted by Gasteiger charge is -2.17. The average molecular weight is 405 g/mol. The first-order valence-corrected chi connectivity index (χ1v) is 9.86. The van der Waals surface area contributed by atoms with Gasteiger partial charge in [-0.3, -0.25) is 4.68 Å². The molecule has 28 heavy (non-hydrogen) atoms. The van der Waals surface area contributed by atoms with Crippen molar-refractivity contribution in [1.82, 2.24) is 24.2 Å². The lowest BCUT2D eigenvalue weighted by molar-refractivity contribution is 0.353. The molecule has 0 fully saturated rings. The van der Waals surface area contributed by atoms with Gasteiger partial charge in [0.15, 0.2) is 23.0 Å². The van der Waals surface area contributed by atoms with Gasteiger partial charge in [0.25, 0.3) is 5.89 Å². The van der Waals surface area contributed by atoms with Gasteiger partial charge in [0.1, 0.15) is 0 Å². The van der Waals surface area contributed by atoms with Crippen LogP contribution in [0.2, 0.25) is 0 Å². The number of nitrogens with zero attached hydrogens (tertiary/aromatic N) is 5. The summed E-state index contributed by atoms with van der Waals surface area (Å²) in [4.78, 5) is 4.33. The largest absolute Gasteiger partial charge is 0.493 e. The number of hydrogen-bond acceptors (Lipinski definition) is 8. The van der Waals surface area contributed by atoms with Crippen LogP contribution in [0.3, 0.4) is 0 Å². The monoisotopic (exact) mass is 405 g/mol. The maximum absolute atomic E-state index is 13.2. The molecule has 0 bridgehead atoms. The van der Waals surface area contributed by atoms with Gasteiger partial charge in [0.05, 0.1) is 31.4 Å². The average Bonchev–Trinajstić information content (AvgIpc) is 3.38. The maximum Gasteiger partial charge on any atom is 0.278 e. The second kappa shape index (κ2) is 6.60. The van der Waals surface area contributed by atoms with Gasteiger partial charge in [0, 0.05) is 25.2 Å². The van der Waals surface area contributed by atoms with Crippen molar-refractivity contribution in [2.75, 3.05) is 14.2 Å². The van der Waals surface area contributed by atoms with E-state index in [1.807, 2.05) is 0 Å². The Morgan fingerprint density at radius 2 is 1.89 bits per heavy atom. The number of sulfonamides is 1. The first-order chi connectivity index (χ1) is 13.3. The molecule has 0 saturated heterocycles. The number of aromatic nitrogens is 4. The molecule has 0 unspecified atom stereocenters. The Kier molecular flexibility index (Phi) is 4.35. The zero-order valence-corrected chi connectivity index (χ0v) is 16.6. The smallest absolute Gasteiger partial charge is 0.278 e. The van der Waals surface area contributed by atoms with Crippen LogP contribution in [0.5, 0.6) is 11.5 Å². The highest BCUT2D eigenvalue weighted by Gasteiger charge is 2.36. The minimum absolute atomic E-state index is 0.126. The molecule has 148 valence electrons. The van der Waals surface area contributed by atoms with Gasteiger partial charge >= 0.3 is 0 Å². The Morgan fingerprint density at radius 1 is 1.14 bits per heavy atom. The molecule has 1 aromatic carbocycles. The van der Waals surface area contributed by atoms with Crippen molar-refractivity contribution in [2.45, 2.75) is 24.9 Å². The number of ether oxygens (including phenoxy) is 2. The molecule has 10 nitrogen and oxygen atoms in total. The highest BCUT2D eigenvalue weighted by molar-refractivity contribution is 7.89. The number of fused-ring (bicyclic) bond motifs is 1. The first kappa shape index (κ1) is 18.4. The molecule has 4 rings (SSSR count). The third-order valence-electron chi connectivity index (χ3n) is 4.66. The summed E-state index contributed by atoms with van der Waals surface area (Å²) in [6.45, 7) is 2.07. The normalized spacial score (nSPS) is 14.3. The van der Waals surface area contributed by atoms with Gasteiger partial charge in [0.2, 0.25) is 10.0 Å². The summed E-state index contributed by atoms with van der Waals surface area (Å²) in [5.41, 5.74) is 2.05. The number of rotatable bonds is 5. The summed E-state index contributed by atoms with van der Waals surface area (Å²) in [6, 6.07) is 4.53. The van der Waals surface area contributed by atoms with Crippen molar-refractivity contribution in [2.24, 2.45) is 7.05 Å². The zero-order valence-electron chi connectivity index (χ0n) is 15.8. The van der Waals surface area contributed by atoms with E-state index in [0.29, 0.717) is 23.0 Å². The van der Waals surface area contributed by atoms with Crippen LogP contribution in [-0.4, -0.2) is 46.9 Å². The quantitative estimate of drug-likeness (QED) is 0.628. The summed E-state index contributed by atoms with van der Waals surface area (Å²) < 4.78 is 45.0. The van der Waals surface area contributed by atoms with Gasteiger partial charge < -0.3 is 14.0 Å². The number of hydrogen-bond donors (Lipinski definition) is 0. The molecule has 1 aliphatic heterocycles. The molecule has 1 aliphatic rings. The van der Waals surface area contributed by atoms with Gasteiger partial charge in [-0.2, -0.15) is 14.4 Å². The molecule has 0 N–H and O–H groups in total. The summed E-state index contributed by atoms with van der Waals surface area (Å²) in [7, 11) is 0.967. The second-order valence-electron chi connectivity index (χ2n) is 6.33. The predicted molar refractivity (Wildman–Crippen MR) is 97.2 cm³/mol. The van der Waals surface area contributed by atoms with Crippen LogP contribution >= 0.6 is 0 Å². The first-order valence-electron chi connectivity index (χ1n) is 8.42. The van der Waals surface area contributed by atoms with Crippen LogP contribution in [0.25, 0.3) is 11.6 Å². The van der Waals surface area contributed by atoms with E-state index in [1.54, 1.807) is 24.7 Å². The highest BCUT2D eigenvalue weighted by atomic mass is 32.2. The molecule has 3 aromatic rings. The Hall–Kier alpha value is -2.92. The van der Waals surface area contributed by atoms with Gasteiger partial charge in [-0.1, -0.05) is 5.16 Å². The molecule has 0 radical (unpaired) electrons. The van der Waals surface area contributed by atoms with Crippen LogP contribution in [0.15, 0.2) is 27.6 Å². The number of benzene rings is 1. The third-order valence-corrected chi connectivity index (χ3v) is 6.45. The summed E-state index contributed by atoms with van der Waals surface area (Å²) >= 11 is 0. The van der Waals surface area contributed by atoms with Crippen molar-refractivity contribution >= 4 is 10.0 Å². The molecular weight excluding hydrogens is 386 g/mol. The molecular formula is C17H19N5O5S. The minimum atomic E-state index is -3.75. The lowest BCUT2D eigenvalue weighted by atomic mass is 10.2. The Bertz CT molecular complexity index is 1150. The topological polar surface area (TPSA) is 113 Å². The summed E-state index contributed by atoms with van der Waals surface area (Å²) in [6.07, 6.45) is 0. The molecule has 0 spiro atoms. The molecule has 0 amide bonds. The molecule has 11 heteroatoms. The highest BCUT2D eigenvalue weighted by Crippen LogP contribution is 2.36. The van der Waals surface area contributed by atoms with Crippen molar-refractivity contribution in [3.05, 3.63) is 35.3 Å². The van der Waals surface area contributed by atoms with E-state index >= 15 is 0 Å². The Morgan fingerprint density at radius 3 is 2.54 bits per heavy atom. The number of aryl methyl sites for hydroxylation is 2. The molecule has 2 aromatic heterocycles. The maximum atomic E-state index is 13.2. The van der Waals surface area contributed by atoms with E-state index < -0.39 is 10.0 Å². The van der Waals surface area contributed by atoms with Gasteiger partial charge in [-0.05, 0) is 19.1 Å². The van der Waals surface area contributed by atoms with E-state index in [-0.39, 0.29) is 23.9 Å². The summed E-state index contributed by atoms with van der Waals surface area (Å²) in [5.74, 6) is 1.58. The van der Waals surface area contributed by atoms with E-state index in [9.17, 15) is 8.42 Å². The molecule has 3 heterocycles. The van der Waals surface area contributed by atoms with Crippen LogP contribution in [0.1, 0.15) is 17.1 Å². The van der Waals surface area contributed by atoms with Crippen LogP contribution in [-0.2, 0) is 30.2 Å². The lowest BCUT2D eigenvalue weighted by Crippen LogP contribution is -2.26. The number of methoxy groups -OCH3 is 2. The van der Waals surface area contributed by atoms with Gasteiger partial charge in [-0.15, -0.1) is 0 Å². The van der Waals surface area contributed by atoms with E-state index in [0.717, 1.165) is 11.3 Å². The third kappa shape index (κ3) is 2.83. The van der Waals surface area contributed by atoms with Crippen molar-refractivity contribution in [1.29, 1.82) is 0 Å². The SMILES string of the molecule is COc1ccc(S(=O)(=O)N2Cc3c(-c4nc(C)no4)nn(C)c3C2)cc1OC. The fraction of sp³-hybridized carbons (Fsp3) is 0.353. The molecule has 0 saturated carbocycles. The van der Waals surface area contributed by atoms with Crippen LogP contribution < -0.4 is 9.47 Å².